The van der Waals surface area contributed by atoms with Crippen LogP contribution in [0.1, 0.15) is 12.2 Å². The number of nitrogens with two attached hydrogens (primary N) is 1. The Morgan fingerprint density at radius 1 is 1.03 bits per heavy atom. The van der Waals surface area contributed by atoms with E-state index in [0.29, 0.717) is 22.9 Å². The number of nitrogens with zero attached hydrogens (tertiary/aromatic N) is 6. The summed E-state index contributed by atoms with van der Waals surface area (Å²) in [5, 5.41) is 27.3. The summed E-state index contributed by atoms with van der Waals surface area (Å²) in [6, 6.07) is 10.8. The third-order valence-electron chi connectivity index (χ3n) is 5.06. The number of aromatic hydroxyl groups is 1. The number of aromatic nitrogens is 4. The van der Waals surface area contributed by atoms with E-state index in [9.17, 15) is 5.11 Å². The van der Waals surface area contributed by atoms with Crippen molar-refractivity contribution in [1.29, 1.82) is 0 Å². The molecule has 4 N–H and O–H groups in total. The van der Waals surface area contributed by atoms with Gasteiger partial charge in [0, 0.05) is 37.9 Å². The summed E-state index contributed by atoms with van der Waals surface area (Å²) < 4.78 is 0. The molecule has 0 saturated carbocycles. The molecule has 4 rings (SSSR count). The minimum absolute atomic E-state index is 0.151. The highest BCUT2D eigenvalue weighted by molar-refractivity contribution is 5.74. The van der Waals surface area contributed by atoms with Crippen LogP contribution in [-0.4, -0.2) is 63.2 Å². The highest BCUT2D eigenvalue weighted by atomic mass is 16.3. The minimum atomic E-state index is -0.226. The number of rotatable bonds is 3. The molecule has 0 atom stereocenters. The summed E-state index contributed by atoms with van der Waals surface area (Å²) in [7, 11) is 0. The van der Waals surface area contributed by atoms with Gasteiger partial charge in [-0.3, -0.25) is 0 Å². The first-order chi connectivity index (χ1) is 15.2. The van der Waals surface area contributed by atoms with Crippen LogP contribution in [0.25, 0.3) is 11.3 Å². The molecule has 1 aliphatic heterocycles. The van der Waals surface area contributed by atoms with E-state index >= 15 is 0 Å². The van der Waals surface area contributed by atoms with E-state index in [1.165, 1.54) is 0 Å². The lowest BCUT2D eigenvalue weighted by atomic mass is 10.1. The topological polar surface area (TPSA) is 125 Å². The smallest absolute Gasteiger partial charge is 0.206 e. The van der Waals surface area contributed by atoms with E-state index in [1.807, 2.05) is 18.2 Å². The molecule has 1 aromatic carbocycles. The maximum absolute atomic E-state index is 10.2. The SMILES string of the molecule is Nc1nnc(-c2ccccc2O)cc1N1CCCN(c2ccnc(C#CCO)n2)CC1. The van der Waals surface area contributed by atoms with Crippen molar-refractivity contribution in [3.05, 3.63) is 48.4 Å². The van der Waals surface area contributed by atoms with Gasteiger partial charge in [0.2, 0.25) is 5.82 Å². The van der Waals surface area contributed by atoms with Gasteiger partial charge >= 0.3 is 0 Å². The summed E-state index contributed by atoms with van der Waals surface area (Å²) in [5.74, 6) is 7.02. The Balaban J connectivity index is 1.54. The molecule has 3 heterocycles. The zero-order valence-corrected chi connectivity index (χ0v) is 16.9. The Hall–Kier alpha value is -3.90. The molecule has 0 aliphatic carbocycles. The molecule has 3 aromatic rings. The van der Waals surface area contributed by atoms with Crippen LogP contribution in [0.4, 0.5) is 17.3 Å². The first kappa shape index (κ1) is 20.4. The maximum Gasteiger partial charge on any atom is 0.206 e. The van der Waals surface area contributed by atoms with Gasteiger partial charge in [0.25, 0.3) is 0 Å². The first-order valence-corrected chi connectivity index (χ1v) is 10.00. The predicted molar refractivity (Wildman–Crippen MR) is 119 cm³/mol. The van der Waals surface area contributed by atoms with Gasteiger partial charge in [0.05, 0.1) is 11.4 Å². The average Bonchev–Trinajstić information content (AvgIpc) is 3.05. The Kier molecular flexibility index (Phi) is 6.10. The van der Waals surface area contributed by atoms with Crippen LogP contribution in [0.15, 0.2) is 42.6 Å². The molecule has 1 saturated heterocycles. The second-order valence-corrected chi connectivity index (χ2v) is 7.04. The number of aliphatic hydroxyl groups excluding tert-OH is 1. The van der Waals surface area contributed by atoms with Gasteiger partial charge in [-0.2, -0.15) is 0 Å². The number of anilines is 3. The van der Waals surface area contributed by atoms with Crippen molar-refractivity contribution in [3.8, 4) is 28.8 Å². The molecule has 1 aliphatic rings. The van der Waals surface area contributed by atoms with Crippen LogP contribution in [0.2, 0.25) is 0 Å². The lowest BCUT2D eigenvalue weighted by Crippen LogP contribution is -2.31. The molecule has 0 bridgehead atoms. The molecule has 0 amide bonds. The van der Waals surface area contributed by atoms with Gasteiger partial charge in [0.15, 0.2) is 5.82 Å². The second kappa shape index (κ2) is 9.28. The maximum atomic E-state index is 10.2. The average molecular weight is 417 g/mol. The van der Waals surface area contributed by atoms with E-state index in [2.05, 4.69) is 41.8 Å². The number of phenolic OH excluding ortho intramolecular Hbond substituents is 1. The number of phenols is 1. The molecule has 9 heteroatoms. The van der Waals surface area contributed by atoms with Crippen molar-refractivity contribution in [3.63, 3.8) is 0 Å². The zero-order valence-electron chi connectivity index (χ0n) is 16.9. The van der Waals surface area contributed by atoms with Crippen molar-refractivity contribution >= 4 is 17.3 Å². The zero-order chi connectivity index (χ0) is 21.6. The van der Waals surface area contributed by atoms with Crippen LogP contribution in [0.5, 0.6) is 5.75 Å². The molecule has 1 fully saturated rings. The predicted octanol–water partition coefficient (Wildman–Crippen LogP) is 1.28. The van der Waals surface area contributed by atoms with E-state index in [4.69, 9.17) is 10.8 Å². The number of aliphatic hydroxyl groups is 1. The van der Waals surface area contributed by atoms with Crippen molar-refractivity contribution in [2.24, 2.45) is 0 Å². The highest BCUT2D eigenvalue weighted by Gasteiger charge is 2.20. The molecule has 9 nitrogen and oxygen atoms in total. The minimum Gasteiger partial charge on any atom is -0.507 e. The van der Waals surface area contributed by atoms with Crippen molar-refractivity contribution < 1.29 is 10.2 Å². The molecule has 0 spiro atoms. The summed E-state index contributed by atoms with van der Waals surface area (Å²) in [5.41, 5.74) is 8.14. The van der Waals surface area contributed by atoms with Gasteiger partial charge in [-0.15, -0.1) is 10.2 Å². The second-order valence-electron chi connectivity index (χ2n) is 7.04. The van der Waals surface area contributed by atoms with Gasteiger partial charge in [-0.1, -0.05) is 18.1 Å². The van der Waals surface area contributed by atoms with Gasteiger partial charge < -0.3 is 25.7 Å². The summed E-state index contributed by atoms with van der Waals surface area (Å²) in [6.07, 6.45) is 2.57. The number of benzene rings is 1. The highest BCUT2D eigenvalue weighted by Crippen LogP contribution is 2.31. The monoisotopic (exact) mass is 417 g/mol. The van der Waals surface area contributed by atoms with E-state index < -0.39 is 0 Å². The third-order valence-corrected chi connectivity index (χ3v) is 5.06. The number of hydrogen-bond donors (Lipinski definition) is 3. The molecule has 158 valence electrons. The molecule has 2 aromatic heterocycles. The summed E-state index contributed by atoms with van der Waals surface area (Å²) >= 11 is 0. The molecule has 31 heavy (non-hydrogen) atoms. The van der Waals surface area contributed by atoms with Gasteiger partial charge in [-0.25, -0.2) is 9.97 Å². The first-order valence-electron chi connectivity index (χ1n) is 10.00. The standard InChI is InChI=1S/C22H23N7O2/c23-22-18(15-17(26-27-22)16-5-1-2-6-19(16)31)28-10-4-11-29(13-12-28)21-8-9-24-20(25-21)7-3-14-30/h1-2,5-6,8-9,15,30-31H,4,10-14H2,(H2,23,27). The van der Waals surface area contributed by atoms with Crippen LogP contribution in [0.3, 0.4) is 0 Å². The van der Waals surface area contributed by atoms with Crippen LogP contribution < -0.4 is 15.5 Å². The molecular weight excluding hydrogens is 394 g/mol. The number of hydrogen-bond acceptors (Lipinski definition) is 9. The normalized spacial score (nSPS) is 14.0. The number of para-hydroxylation sites is 1. The molecule has 0 unspecified atom stereocenters. The van der Waals surface area contributed by atoms with Crippen LogP contribution in [0, 0.1) is 11.8 Å². The van der Waals surface area contributed by atoms with Crippen molar-refractivity contribution in [2.45, 2.75) is 6.42 Å². The Morgan fingerprint density at radius 2 is 1.84 bits per heavy atom. The fourth-order valence-electron chi connectivity index (χ4n) is 3.56. The third kappa shape index (κ3) is 4.65. The number of nitrogen functional groups attached to an aromatic ring is 1. The fourth-order valence-corrected chi connectivity index (χ4v) is 3.56. The van der Waals surface area contributed by atoms with Crippen molar-refractivity contribution in [2.75, 3.05) is 48.3 Å². The van der Waals surface area contributed by atoms with Gasteiger partial charge in [-0.05, 0) is 36.6 Å². The van der Waals surface area contributed by atoms with Crippen LogP contribution in [-0.2, 0) is 0 Å². The van der Waals surface area contributed by atoms with Gasteiger partial charge in [0.1, 0.15) is 18.2 Å². The molecule has 0 radical (unpaired) electrons. The Labute approximate surface area is 180 Å². The lowest BCUT2D eigenvalue weighted by Gasteiger charge is -2.25. The van der Waals surface area contributed by atoms with Crippen molar-refractivity contribution in [1.82, 2.24) is 20.2 Å². The van der Waals surface area contributed by atoms with E-state index in [-0.39, 0.29) is 12.4 Å². The summed E-state index contributed by atoms with van der Waals surface area (Å²) in [4.78, 5) is 13.0. The van der Waals surface area contributed by atoms with E-state index in [1.54, 1.807) is 24.4 Å². The summed E-state index contributed by atoms with van der Waals surface area (Å²) in [6.45, 7) is 2.85. The largest absolute Gasteiger partial charge is 0.507 e. The quantitative estimate of drug-likeness (QED) is 0.541. The van der Waals surface area contributed by atoms with Crippen LogP contribution >= 0.6 is 0 Å². The molecular formula is C22H23N7O2. The Morgan fingerprint density at radius 3 is 2.68 bits per heavy atom. The lowest BCUT2D eigenvalue weighted by molar-refractivity contribution is 0.350. The van der Waals surface area contributed by atoms with E-state index in [0.717, 1.165) is 44.1 Å². The Bertz CT molecular complexity index is 1130. The fraction of sp³-hybridized carbons (Fsp3) is 0.273.